The van der Waals surface area contributed by atoms with Gasteiger partial charge in [0, 0.05) is 228 Å². The van der Waals surface area contributed by atoms with Crippen molar-refractivity contribution in [3.05, 3.63) is 154 Å². The highest BCUT2D eigenvalue weighted by molar-refractivity contribution is 9.09. The summed E-state index contributed by atoms with van der Waals surface area (Å²) in [6.45, 7) is 20.7. The minimum absolute atomic E-state index is 0.0357. The molecule has 3 unspecified atom stereocenters. The van der Waals surface area contributed by atoms with Gasteiger partial charge in [0.15, 0.2) is 11.6 Å². The molecule has 0 amide bonds. The van der Waals surface area contributed by atoms with E-state index in [-0.39, 0.29) is 114 Å². The number of fused-ring (bicyclic) bond motifs is 3. The van der Waals surface area contributed by atoms with Crippen molar-refractivity contribution < 1.29 is 109 Å². The molecule has 3 saturated carbocycles. The number of thiophene rings is 1. The summed E-state index contributed by atoms with van der Waals surface area (Å²) < 4.78 is 71.7. The van der Waals surface area contributed by atoms with Crippen molar-refractivity contribution in [1.82, 2.24) is 29.6 Å². The monoisotopic (exact) mass is 2230 g/mol. The lowest BCUT2D eigenvalue weighted by Gasteiger charge is -2.26. The Kier molecular flexibility index (Phi) is 50.8. The Labute approximate surface area is 901 Å². The summed E-state index contributed by atoms with van der Waals surface area (Å²) in [6, 6.07) is 23.1. The number of alkyl halides is 2. The number of nitrogens with zero attached hydrogens (tertiary/aromatic N) is 6. The van der Waals surface area contributed by atoms with Gasteiger partial charge in [-0.25, -0.2) is 9.78 Å². The van der Waals surface area contributed by atoms with Crippen LogP contribution in [0.2, 0.25) is 10.2 Å². The standard InChI is InChI=1S/C28H34N2O8S.C27H37BrCl2N2O5S.C27H34ClNO4S2.C26H35NO6S/c31-22-3-1-2-20-25(6-7-29-26(20)22)39-17-21-18(14-23(32)27(21)33)15-36-16-19-4-5-24(38-19)28(34)37-13-10-30-8-11-35-12-9-30;1-19(33)37-17-21-15-22(16-25(29)31-21)38-18-23-20(14-24(28)27(23)30)6-4-2-3-5-7-26(34)36-13-10-32-8-11-35-12-9-32;28-22-19-35-25-8-5-7-24(27(22)25)34-18-21-20(10-11-23(21)30)6-3-1-2-4-9-26(31)33-17-14-29-12-15-32-16-13-29;28-23-8-7-20(22(23)19-34-25-5-3-4-24-21(25)9-14-32-24)18-31-13-2-1-6-26(29)33-17-12-27-10-15-30-16-11-27/h4-7,18,21-22,31H,1-3,8-17H2;2,4,15-16,20,23-24,27H,3,5-14,17-18H2,1H3;5,7-8,10-11,19-21H,1-4,6,9,12-18H2;3-5,9,14,20,22H,1-2,6-8,10-13,15-19H2/b;4-2-;;/t18-,21-,22?;20-,23+,24?,27?;20-,21+;20-,22-/m1001/s1. The molecule has 0 spiro atoms. The molecule has 4 saturated heterocycles. The fourth-order valence-corrected chi connectivity index (χ4v) is 27.4. The zero-order chi connectivity index (χ0) is 103. The number of allylic oxidation sites excluding steroid dienone is 4. The number of Topliss-reactive ketones (excluding diaryl/α,β-unsaturated/α-hetero) is 3. The molecule has 0 radical (unpaired) electrons. The molecule has 0 bridgehead atoms. The predicted octanol–water partition coefficient (Wildman–Crippen LogP) is 18.9. The average molecular weight is 2240 g/mol. The second-order valence-electron chi connectivity index (χ2n) is 37.9. The summed E-state index contributed by atoms with van der Waals surface area (Å²) in [5.74, 6) is 2.89. The average Bonchev–Trinajstić information content (AvgIpc) is 0.991. The molecule has 146 heavy (non-hydrogen) atoms. The van der Waals surface area contributed by atoms with Crippen molar-refractivity contribution in [3.8, 4) is 0 Å². The van der Waals surface area contributed by atoms with Crippen LogP contribution in [0, 0.1) is 47.3 Å². The molecule has 29 nitrogen and oxygen atoms in total. The molecular weight excluding hydrogens is 2100 g/mol. The molecule has 2 aromatic carbocycles. The van der Waals surface area contributed by atoms with Crippen LogP contribution in [0.1, 0.15) is 168 Å². The maximum atomic E-state index is 12.6. The van der Waals surface area contributed by atoms with Gasteiger partial charge in [0.1, 0.15) is 61.9 Å². The van der Waals surface area contributed by atoms with Gasteiger partial charge >= 0.3 is 29.8 Å². The van der Waals surface area contributed by atoms with E-state index in [1.54, 1.807) is 77.3 Å². The highest BCUT2D eigenvalue weighted by Crippen LogP contribution is 2.47. The number of carbonyl (C=O) groups is 9. The maximum absolute atomic E-state index is 12.6. The van der Waals surface area contributed by atoms with E-state index in [1.807, 2.05) is 41.8 Å². The molecule has 5 aromatic heterocycles. The van der Waals surface area contributed by atoms with Crippen LogP contribution in [0.15, 0.2) is 143 Å². The summed E-state index contributed by atoms with van der Waals surface area (Å²) in [5, 5.41) is 15.7. The molecule has 798 valence electrons. The Balaban J connectivity index is 0.000000163. The number of aliphatic hydroxyl groups is 1. The molecule has 1 N–H and O–H groups in total. The van der Waals surface area contributed by atoms with Crippen molar-refractivity contribution in [3.63, 3.8) is 0 Å². The van der Waals surface area contributed by atoms with E-state index < -0.39 is 18.0 Å². The number of morpholine rings is 4. The number of thioether (sulfide) groups is 4. The lowest BCUT2D eigenvalue weighted by atomic mass is 9.91. The number of halogens is 4. The number of esters is 5. The SMILES string of the molecule is CC(=O)OCc1cc(SC[C@H]2C(Cl)C(Br)C[C@@H]2C/C=C\CCCC(=O)OCCN2CCOCC2)cc(Cl)n1.O=C(CCCCCC[C@H]1C=CC(=O)[C@@H]1CSc1cccc2scc(Cl)c12)OCCN1CCOCC1.O=C(CCCCOC[C@H]1CCC(=O)[C@@H]1CSc1cccc2occc12)OCCN1CCOCC1.O=C1C[C@H](COCc2ccc(C(=O)OCCN3CCOCC3)o2)[C@@H](CSc2ccnc3c2CCCC3O)C1=O. The third-order valence-corrected chi connectivity index (χ3v) is 35.8. The third-order valence-electron chi connectivity index (χ3n) is 27.6. The van der Waals surface area contributed by atoms with Gasteiger partial charge in [-0.2, -0.15) is 0 Å². The third kappa shape index (κ3) is 38.6. The fourth-order valence-electron chi connectivity index (χ4n) is 19.2. The maximum Gasteiger partial charge on any atom is 0.374 e. The Hall–Kier alpha value is -6.66. The number of furan rings is 2. The molecule has 16 rings (SSSR count). The number of aliphatic hydroxyl groups excluding tert-OH is 1. The summed E-state index contributed by atoms with van der Waals surface area (Å²) in [4.78, 5) is 131. The quantitative estimate of drug-likeness (QED) is 0.00541. The van der Waals surface area contributed by atoms with Gasteiger partial charge in [-0.1, -0.05) is 88.8 Å². The first-order chi connectivity index (χ1) is 71.1. The molecule has 9 heterocycles. The van der Waals surface area contributed by atoms with Crippen LogP contribution in [-0.2, 0) is 110 Å². The van der Waals surface area contributed by atoms with E-state index in [9.17, 15) is 48.3 Å². The Morgan fingerprint density at radius 1 is 0.603 bits per heavy atom. The summed E-state index contributed by atoms with van der Waals surface area (Å²) in [5.41, 5.74) is 3.27. The van der Waals surface area contributed by atoms with Crippen molar-refractivity contribution in [2.75, 3.05) is 201 Å². The first-order valence-corrected chi connectivity index (χ1v) is 58.5. The van der Waals surface area contributed by atoms with E-state index in [0.717, 1.165) is 271 Å². The van der Waals surface area contributed by atoms with E-state index in [4.69, 9.17) is 95.7 Å². The van der Waals surface area contributed by atoms with Gasteiger partial charge in [0.05, 0.1) is 94.8 Å². The molecule has 7 fully saturated rings. The van der Waals surface area contributed by atoms with E-state index >= 15 is 0 Å². The highest BCUT2D eigenvalue weighted by atomic mass is 79.9. The Bertz CT molecular complexity index is 5340. The number of pyridine rings is 2. The molecule has 4 aliphatic heterocycles. The van der Waals surface area contributed by atoms with Gasteiger partial charge in [0.25, 0.3) is 0 Å². The molecule has 9 aliphatic rings. The first-order valence-electron chi connectivity index (χ1n) is 51.6. The van der Waals surface area contributed by atoms with Crippen LogP contribution >= 0.6 is 109 Å². The fraction of sp³-hybridized carbons (Fsp3) is 0.602. The lowest BCUT2D eigenvalue weighted by Crippen LogP contribution is -2.38. The molecule has 7 aromatic rings. The smallest absolute Gasteiger partial charge is 0.374 e. The zero-order valence-corrected chi connectivity index (χ0v) is 91.4. The minimum Gasteiger partial charge on any atom is -0.464 e. The number of hydrogen-bond donors (Lipinski definition) is 1. The second kappa shape index (κ2) is 63.7. The number of unbranched alkanes of at least 4 members (excludes halogenated alkanes) is 5. The molecule has 11 atom stereocenters. The number of benzene rings is 2. The molecule has 5 aliphatic carbocycles. The number of carbonyl (C=O) groups excluding carboxylic acids is 9. The molecular formula is C108H140BrCl3N6O23S5. The Morgan fingerprint density at radius 2 is 1.22 bits per heavy atom. The topological polar surface area (TPSA) is 340 Å². The van der Waals surface area contributed by atoms with Crippen molar-refractivity contribution >= 4 is 183 Å². The summed E-state index contributed by atoms with van der Waals surface area (Å²) >= 11 is 31.5. The van der Waals surface area contributed by atoms with Gasteiger partial charge in [-0.3, -0.25) is 62.9 Å². The highest BCUT2D eigenvalue weighted by Gasteiger charge is 2.43. The van der Waals surface area contributed by atoms with Crippen LogP contribution < -0.4 is 0 Å². The van der Waals surface area contributed by atoms with E-state index in [1.165, 1.54) is 23.4 Å². The van der Waals surface area contributed by atoms with Gasteiger partial charge < -0.3 is 66.0 Å². The van der Waals surface area contributed by atoms with Crippen molar-refractivity contribution in [1.29, 1.82) is 0 Å². The molecule has 38 heteroatoms. The Morgan fingerprint density at radius 3 is 1.90 bits per heavy atom. The largest absolute Gasteiger partial charge is 0.464 e. The van der Waals surface area contributed by atoms with Crippen LogP contribution in [-0.4, -0.2) is 299 Å². The van der Waals surface area contributed by atoms with Crippen LogP contribution in [0.5, 0.6) is 0 Å². The van der Waals surface area contributed by atoms with Gasteiger partial charge in [-0.15, -0.1) is 70.0 Å². The van der Waals surface area contributed by atoms with Crippen LogP contribution in [0.25, 0.3) is 21.1 Å². The number of rotatable bonds is 51. The van der Waals surface area contributed by atoms with Gasteiger partial charge in [0.2, 0.25) is 11.5 Å². The van der Waals surface area contributed by atoms with Gasteiger partial charge in [-0.05, 0) is 173 Å². The van der Waals surface area contributed by atoms with Crippen LogP contribution in [0.4, 0.5) is 0 Å². The van der Waals surface area contributed by atoms with Crippen LogP contribution in [0.3, 0.4) is 0 Å². The summed E-state index contributed by atoms with van der Waals surface area (Å²) in [7, 11) is 0. The summed E-state index contributed by atoms with van der Waals surface area (Å²) in [6.07, 6.45) is 26.8. The van der Waals surface area contributed by atoms with Crippen molar-refractivity contribution in [2.24, 2.45) is 47.3 Å². The number of aromatic nitrogens is 2. The van der Waals surface area contributed by atoms with E-state index in [0.29, 0.717) is 131 Å². The van der Waals surface area contributed by atoms with E-state index in [2.05, 4.69) is 88.0 Å². The normalized spacial score (nSPS) is 22.5. The number of ether oxygens (including phenoxy) is 11. The number of ketones is 4. The number of hydrogen-bond acceptors (Lipinski definition) is 34. The minimum atomic E-state index is -0.552. The predicted molar refractivity (Wildman–Crippen MR) is 571 cm³/mol. The first kappa shape index (κ1) is 116. The lowest BCUT2D eigenvalue weighted by molar-refractivity contribution is -0.145. The van der Waals surface area contributed by atoms with Crippen molar-refractivity contribution in [2.45, 2.75) is 184 Å². The second-order valence-corrected chi connectivity index (χ2v) is 45.5. The zero-order valence-electron chi connectivity index (χ0n) is 83.5.